The molecule has 1 aromatic carbocycles. The average molecular weight is 472 g/mol. The number of urea groups is 1. The number of fused-ring (bicyclic) bond motifs is 1. The summed E-state index contributed by atoms with van der Waals surface area (Å²) in [6.45, 7) is 4.98. The molecule has 0 spiro atoms. The fourth-order valence-corrected chi connectivity index (χ4v) is 4.20. The van der Waals surface area contributed by atoms with Crippen molar-refractivity contribution in [3.05, 3.63) is 87.8 Å². The number of furan rings is 1. The van der Waals surface area contributed by atoms with Gasteiger partial charge in [-0.2, -0.15) is 0 Å². The van der Waals surface area contributed by atoms with Crippen LogP contribution in [0.5, 0.6) is 0 Å². The highest BCUT2D eigenvalue weighted by Crippen LogP contribution is 2.24. The van der Waals surface area contributed by atoms with Gasteiger partial charge in [0.05, 0.1) is 12.0 Å². The molecular formula is C25H25N7O3. The van der Waals surface area contributed by atoms with Crippen LogP contribution in [-0.4, -0.2) is 27.1 Å². The molecule has 4 aromatic rings. The van der Waals surface area contributed by atoms with Crippen LogP contribution in [0, 0.1) is 13.8 Å². The number of nitrogens with two attached hydrogens (primary N) is 1. The summed E-state index contributed by atoms with van der Waals surface area (Å²) < 4.78 is 6.84. The van der Waals surface area contributed by atoms with Crippen molar-refractivity contribution in [1.82, 2.24) is 14.5 Å². The SMILES string of the molecule is Cc1ccoc1NC(=O)Nc1ccc(-n2ccc(C)c(N3CCc4nc(N)ncc4C3)c2=O)cc1. The van der Waals surface area contributed by atoms with Gasteiger partial charge in [0.25, 0.3) is 5.56 Å². The lowest BCUT2D eigenvalue weighted by atomic mass is 10.1. The fourth-order valence-electron chi connectivity index (χ4n) is 4.20. The van der Waals surface area contributed by atoms with Crippen molar-refractivity contribution in [2.45, 2.75) is 26.8 Å². The lowest BCUT2D eigenvalue weighted by Gasteiger charge is -2.30. The molecule has 0 radical (unpaired) electrons. The lowest BCUT2D eigenvalue weighted by Crippen LogP contribution is -2.37. The first kappa shape index (κ1) is 22.2. The predicted octanol–water partition coefficient (Wildman–Crippen LogP) is 3.63. The molecule has 10 nitrogen and oxygen atoms in total. The summed E-state index contributed by atoms with van der Waals surface area (Å²) >= 11 is 0. The summed E-state index contributed by atoms with van der Waals surface area (Å²) in [5.74, 6) is 0.662. The number of nitrogens with one attached hydrogen (secondary N) is 2. The molecule has 1 aliphatic rings. The third-order valence-electron chi connectivity index (χ3n) is 6.03. The Morgan fingerprint density at radius 1 is 1.09 bits per heavy atom. The van der Waals surface area contributed by atoms with Gasteiger partial charge in [0.2, 0.25) is 11.8 Å². The summed E-state index contributed by atoms with van der Waals surface area (Å²) in [5.41, 5.74) is 11.1. The van der Waals surface area contributed by atoms with E-state index in [4.69, 9.17) is 10.2 Å². The number of hydrogen-bond donors (Lipinski definition) is 3. The predicted molar refractivity (Wildman–Crippen MR) is 134 cm³/mol. The Labute approximate surface area is 201 Å². The third kappa shape index (κ3) is 4.45. The van der Waals surface area contributed by atoms with Gasteiger partial charge in [0.15, 0.2) is 0 Å². The molecule has 0 aliphatic carbocycles. The van der Waals surface area contributed by atoms with Crippen molar-refractivity contribution in [2.24, 2.45) is 0 Å². The summed E-state index contributed by atoms with van der Waals surface area (Å²) in [4.78, 5) is 36.2. The van der Waals surface area contributed by atoms with Gasteiger partial charge in [-0.05, 0) is 55.8 Å². The van der Waals surface area contributed by atoms with Crippen molar-refractivity contribution in [3.8, 4) is 5.69 Å². The van der Waals surface area contributed by atoms with Gasteiger partial charge in [-0.3, -0.25) is 14.7 Å². The van der Waals surface area contributed by atoms with Gasteiger partial charge in [-0.1, -0.05) is 0 Å². The number of amides is 2. The van der Waals surface area contributed by atoms with Crippen molar-refractivity contribution in [3.63, 3.8) is 0 Å². The van der Waals surface area contributed by atoms with Crippen molar-refractivity contribution in [2.75, 3.05) is 27.8 Å². The molecule has 0 fully saturated rings. The standard InChI is InChI=1S/C25H25N7O3/c1-15-7-11-32(23(33)21(15)31-10-8-20-17(14-31)13-27-24(26)29-20)19-5-3-18(4-6-19)28-25(34)30-22-16(2)9-12-35-22/h3-7,9,11-13H,8,10,14H2,1-2H3,(H2,26,27,29)(H2,28,30,34). The number of rotatable bonds is 4. The molecule has 0 bridgehead atoms. The first-order valence-corrected chi connectivity index (χ1v) is 11.2. The number of nitrogen functional groups attached to an aromatic ring is 1. The van der Waals surface area contributed by atoms with E-state index in [0.717, 1.165) is 22.4 Å². The number of benzene rings is 1. The van der Waals surface area contributed by atoms with Crippen LogP contribution in [-0.2, 0) is 13.0 Å². The molecule has 4 heterocycles. The molecule has 0 unspecified atom stereocenters. The average Bonchev–Trinajstić information content (AvgIpc) is 3.24. The first-order chi connectivity index (χ1) is 16.9. The van der Waals surface area contributed by atoms with Crippen LogP contribution in [0.1, 0.15) is 22.4 Å². The van der Waals surface area contributed by atoms with E-state index >= 15 is 0 Å². The molecule has 0 saturated heterocycles. The summed E-state index contributed by atoms with van der Waals surface area (Å²) in [6, 6.07) is 10.3. The monoisotopic (exact) mass is 471 g/mol. The highest BCUT2D eigenvalue weighted by molar-refractivity contribution is 5.99. The Hall–Kier alpha value is -4.60. The van der Waals surface area contributed by atoms with E-state index in [2.05, 4.69) is 25.5 Å². The zero-order valence-corrected chi connectivity index (χ0v) is 19.4. The number of aryl methyl sites for hydroxylation is 2. The third-order valence-corrected chi connectivity index (χ3v) is 6.03. The Morgan fingerprint density at radius 2 is 1.89 bits per heavy atom. The summed E-state index contributed by atoms with van der Waals surface area (Å²) in [6.07, 6.45) is 5.70. The Balaban J connectivity index is 1.36. The highest BCUT2D eigenvalue weighted by atomic mass is 16.3. The number of anilines is 4. The van der Waals surface area contributed by atoms with Crippen LogP contribution in [0.2, 0.25) is 0 Å². The Bertz CT molecular complexity index is 1460. The van der Waals surface area contributed by atoms with Crippen molar-refractivity contribution >= 4 is 29.2 Å². The number of pyridine rings is 1. The van der Waals surface area contributed by atoms with E-state index < -0.39 is 6.03 Å². The zero-order valence-electron chi connectivity index (χ0n) is 19.4. The Kier molecular flexibility index (Phi) is 5.69. The molecule has 0 atom stereocenters. The van der Waals surface area contributed by atoms with Crippen LogP contribution >= 0.6 is 0 Å². The van der Waals surface area contributed by atoms with E-state index in [1.807, 2.05) is 19.9 Å². The Morgan fingerprint density at radius 3 is 2.63 bits per heavy atom. The normalized spacial score (nSPS) is 12.8. The van der Waals surface area contributed by atoms with Crippen LogP contribution in [0.4, 0.5) is 28.0 Å². The second kappa shape index (κ2) is 8.98. The molecule has 4 N–H and O–H groups in total. The topological polar surface area (TPSA) is 131 Å². The molecule has 1 aliphatic heterocycles. The van der Waals surface area contributed by atoms with Crippen molar-refractivity contribution < 1.29 is 9.21 Å². The maximum Gasteiger partial charge on any atom is 0.326 e. The highest BCUT2D eigenvalue weighted by Gasteiger charge is 2.23. The quantitative estimate of drug-likeness (QED) is 0.414. The van der Waals surface area contributed by atoms with Crippen LogP contribution in [0.25, 0.3) is 5.69 Å². The maximum absolute atomic E-state index is 13.5. The fraction of sp³-hybridized carbons (Fsp3) is 0.200. The second-order valence-electron chi connectivity index (χ2n) is 8.45. The molecule has 2 amide bonds. The van der Waals surface area contributed by atoms with E-state index in [0.29, 0.717) is 42.5 Å². The molecule has 0 saturated carbocycles. The van der Waals surface area contributed by atoms with E-state index in [-0.39, 0.29) is 11.5 Å². The van der Waals surface area contributed by atoms with E-state index in [1.165, 1.54) is 6.26 Å². The van der Waals surface area contributed by atoms with Gasteiger partial charge >= 0.3 is 6.03 Å². The van der Waals surface area contributed by atoms with Crippen molar-refractivity contribution in [1.29, 1.82) is 0 Å². The van der Waals surface area contributed by atoms with Gasteiger partial charge in [-0.25, -0.2) is 14.8 Å². The number of carbonyl (C=O) groups excluding carboxylic acids is 1. The van der Waals surface area contributed by atoms with Gasteiger partial charge < -0.3 is 20.4 Å². The second-order valence-corrected chi connectivity index (χ2v) is 8.45. The van der Waals surface area contributed by atoms with Gasteiger partial charge in [-0.15, -0.1) is 0 Å². The number of carbonyl (C=O) groups is 1. The number of nitrogens with zero attached hydrogens (tertiary/aromatic N) is 4. The molecule has 35 heavy (non-hydrogen) atoms. The van der Waals surface area contributed by atoms with Crippen LogP contribution in [0.15, 0.2) is 64.3 Å². The van der Waals surface area contributed by atoms with Gasteiger partial charge in [0, 0.05) is 54.4 Å². The lowest BCUT2D eigenvalue weighted by molar-refractivity contribution is 0.261. The minimum atomic E-state index is -0.415. The molecule has 10 heteroatoms. The number of hydrogen-bond acceptors (Lipinski definition) is 7. The summed E-state index contributed by atoms with van der Waals surface area (Å²) in [5, 5.41) is 5.42. The molecule has 3 aromatic heterocycles. The zero-order chi connectivity index (χ0) is 24.5. The molecular weight excluding hydrogens is 446 g/mol. The first-order valence-electron chi connectivity index (χ1n) is 11.2. The van der Waals surface area contributed by atoms with E-state index in [1.54, 1.807) is 47.3 Å². The molecule has 5 rings (SSSR count). The van der Waals surface area contributed by atoms with Crippen LogP contribution in [0.3, 0.4) is 0 Å². The smallest absolute Gasteiger partial charge is 0.326 e. The molecule has 178 valence electrons. The van der Waals surface area contributed by atoms with Crippen LogP contribution < -0.4 is 26.8 Å². The minimum absolute atomic E-state index is 0.114. The van der Waals surface area contributed by atoms with E-state index in [9.17, 15) is 9.59 Å². The summed E-state index contributed by atoms with van der Waals surface area (Å²) in [7, 11) is 0. The largest absolute Gasteiger partial charge is 0.448 e. The maximum atomic E-state index is 13.5. The minimum Gasteiger partial charge on any atom is -0.448 e. The number of aromatic nitrogens is 3. The van der Waals surface area contributed by atoms with Gasteiger partial charge in [0.1, 0.15) is 5.69 Å².